The maximum atomic E-state index is 4.84. The topological polar surface area (TPSA) is 116 Å². The molecule has 0 aliphatic rings. The van der Waals surface area contributed by atoms with E-state index < -0.39 is 0 Å². The first-order chi connectivity index (χ1) is 28.2. The van der Waals surface area contributed by atoms with Gasteiger partial charge in [-0.15, -0.1) is 34.0 Å². The molecular formula is C45H27N9S3. The van der Waals surface area contributed by atoms with E-state index in [1.54, 1.807) is 52.6 Å². The van der Waals surface area contributed by atoms with Crippen LogP contribution in [0.1, 0.15) is 0 Å². The molecule has 0 spiro atoms. The zero-order valence-corrected chi connectivity index (χ0v) is 32.3. The van der Waals surface area contributed by atoms with Crippen molar-refractivity contribution in [1.82, 2.24) is 44.9 Å². The molecule has 0 N–H and O–H groups in total. The zero-order valence-electron chi connectivity index (χ0n) is 29.8. The van der Waals surface area contributed by atoms with Gasteiger partial charge in [0.15, 0.2) is 0 Å². The van der Waals surface area contributed by atoms with Crippen LogP contribution >= 0.6 is 34.0 Å². The number of pyridine rings is 6. The lowest BCUT2D eigenvalue weighted by molar-refractivity contribution is 1.27. The first-order valence-corrected chi connectivity index (χ1v) is 20.3. The van der Waals surface area contributed by atoms with E-state index in [4.69, 9.17) is 29.9 Å². The molecule has 0 aliphatic heterocycles. The van der Waals surface area contributed by atoms with Crippen LogP contribution in [0, 0.1) is 0 Å². The summed E-state index contributed by atoms with van der Waals surface area (Å²) in [6.07, 6.45) is 22.2. The molecule has 9 aromatic heterocycles. The second-order valence-electron chi connectivity index (χ2n) is 12.9. The summed E-state index contributed by atoms with van der Waals surface area (Å²) in [5, 5.41) is 2.69. The van der Waals surface area contributed by atoms with Crippen molar-refractivity contribution in [3.8, 4) is 96.8 Å². The van der Waals surface area contributed by atoms with Crippen LogP contribution in [-0.4, -0.2) is 44.9 Å². The number of hydrogen-bond acceptors (Lipinski definition) is 12. The van der Waals surface area contributed by atoms with Crippen molar-refractivity contribution in [2.24, 2.45) is 0 Å². The van der Waals surface area contributed by atoms with Crippen molar-refractivity contribution in [2.75, 3.05) is 0 Å². The highest BCUT2D eigenvalue weighted by Crippen LogP contribution is 2.42. The fraction of sp³-hybridized carbons (Fsp3) is 0. The van der Waals surface area contributed by atoms with Gasteiger partial charge in [0.25, 0.3) is 0 Å². The number of rotatable bonds is 9. The van der Waals surface area contributed by atoms with Crippen LogP contribution in [0.4, 0.5) is 0 Å². The normalized spacial score (nSPS) is 11.2. The fourth-order valence-corrected chi connectivity index (χ4v) is 8.97. The third-order valence-electron chi connectivity index (χ3n) is 9.21. The monoisotopic (exact) mass is 789 g/mol. The molecule has 10 aromatic rings. The van der Waals surface area contributed by atoms with Gasteiger partial charge >= 0.3 is 0 Å². The minimum absolute atomic E-state index is 0.870. The molecule has 0 saturated heterocycles. The van der Waals surface area contributed by atoms with Crippen molar-refractivity contribution < 1.29 is 0 Å². The van der Waals surface area contributed by atoms with E-state index in [1.165, 1.54) is 0 Å². The molecule has 0 saturated carbocycles. The second kappa shape index (κ2) is 15.3. The van der Waals surface area contributed by atoms with Crippen LogP contribution in [-0.2, 0) is 0 Å². The van der Waals surface area contributed by atoms with E-state index >= 15 is 0 Å². The standard InChI is InChI=1S/C45H27N9S3/c1-4-28(19-46-13-1)37-10-7-31(22-49-37)43-52-25-40(55-43)34-16-35(41-26-53-44(56-41)32-8-11-38(50-23-32)29-5-2-14-47-20-29)18-36(17-34)42-27-54-45(57-42)33-9-12-39(51-24-33)30-6-3-15-48-21-30/h1-27H. The zero-order chi connectivity index (χ0) is 38.0. The average Bonchev–Trinajstić information content (AvgIpc) is 4.10. The lowest BCUT2D eigenvalue weighted by Gasteiger charge is -2.07. The van der Waals surface area contributed by atoms with Crippen molar-refractivity contribution in [2.45, 2.75) is 0 Å². The Hall–Kier alpha value is -6.99. The van der Waals surface area contributed by atoms with Gasteiger partial charge in [-0.05, 0) is 108 Å². The highest BCUT2D eigenvalue weighted by atomic mass is 32.1. The summed E-state index contributed by atoms with van der Waals surface area (Å²) in [5.41, 5.74) is 11.6. The summed E-state index contributed by atoms with van der Waals surface area (Å²) in [6, 6.07) is 30.6. The van der Waals surface area contributed by atoms with Gasteiger partial charge in [0, 0.05) is 108 Å². The molecule has 12 heteroatoms. The third kappa shape index (κ3) is 7.28. The minimum Gasteiger partial charge on any atom is -0.264 e. The van der Waals surface area contributed by atoms with E-state index in [0.29, 0.717) is 0 Å². The molecule has 0 bridgehead atoms. The van der Waals surface area contributed by atoms with E-state index in [9.17, 15) is 0 Å². The van der Waals surface area contributed by atoms with Crippen LogP contribution in [0.2, 0.25) is 0 Å². The SMILES string of the molecule is c1cncc(-c2ccc(-c3ncc(-c4cc(-c5cnc(-c6ccc(-c7cccnc7)nc6)s5)cc(-c5cnc(-c6ccc(-c7cccnc7)nc6)s5)c4)s3)cn2)c1. The molecule has 0 unspecified atom stereocenters. The van der Waals surface area contributed by atoms with E-state index in [1.807, 2.05) is 110 Å². The molecule has 1 aromatic carbocycles. The van der Waals surface area contributed by atoms with E-state index in [-0.39, 0.29) is 0 Å². The molecule has 270 valence electrons. The van der Waals surface area contributed by atoms with Gasteiger partial charge in [-0.3, -0.25) is 29.9 Å². The summed E-state index contributed by atoms with van der Waals surface area (Å²) >= 11 is 4.91. The fourth-order valence-electron chi connectivity index (χ4n) is 6.29. The molecule has 9 heterocycles. The van der Waals surface area contributed by atoms with Crippen LogP contribution in [0.3, 0.4) is 0 Å². The number of aromatic nitrogens is 9. The molecule has 0 atom stereocenters. The largest absolute Gasteiger partial charge is 0.264 e. The Morgan fingerprint density at radius 1 is 0.281 bits per heavy atom. The predicted molar refractivity (Wildman–Crippen MR) is 229 cm³/mol. The van der Waals surface area contributed by atoms with Crippen LogP contribution in [0.15, 0.2) is 165 Å². The van der Waals surface area contributed by atoms with Gasteiger partial charge in [-0.25, -0.2) is 15.0 Å². The number of benzene rings is 1. The summed E-state index contributed by atoms with van der Waals surface area (Å²) in [6.45, 7) is 0. The molecule has 57 heavy (non-hydrogen) atoms. The number of thiazole rings is 3. The van der Waals surface area contributed by atoms with Crippen LogP contribution < -0.4 is 0 Å². The molecule has 9 nitrogen and oxygen atoms in total. The molecule has 10 rings (SSSR count). The Labute approximate surface area is 339 Å². The second-order valence-corrected chi connectivity index (χ2v) is 16.0. The average molecular weight is 790 g/mol. The Balaban J connectivity index is 0.989. The quantitative estimate of drug-likeness (QED) is 0.141. The van der Waals surface area contributed by atoms with Gasteiger partial charge in [0.1, 0.15) is 15.0 Å². The molecule has 0 amide bonds. The number of nitrogens with zero attached hydrogens (tertiary/aromatic N) is 9. The summed E-state index contributed by atoms with van der Waals surface area (Å²) in [5.74, 6) is 0. The Bertz CT molecular complexity index is 2600. The third-order valence-corrected chi connectivity index (χ3v) is 12.5. The van der Waals surface area contributed by atoms with Crippen molar-refractivity contribution in [3.05, 3.63) is 165 Å². The maximum absolute atomic E-state index is 4.84. The Kier molecular flexibility index (Phi) is 9.24. The highest BCUT2D eigenvalue weighted by Gasteiger charge is 2.16. The molecule has 0 fully saturated rings. The molecule has 0 aliphatic carbocycles. The summed E-state index contributed by atoms with van der Waals surface area (Å²) < 4.78 is 0. The van der Waals surface area contributed by atoms with Gasteiger partial charge in [-0.2, -0.15) is 0 Å². The Morgan fingerprint density at radius 3 is 0.877 bits per heavy atom. The Morgan fingerprint density at radius 2 is 0.614 bits per heavy atom. The van der Waals surface area contributed by atoms with Gasteiger partial charge in [-0.1, -0.05) is 0 Å². The first kappa shape index (κ1) is 34.5. The van der Waals surface area contributed by atoms with Gasteiger partial charge in [0.05, 0.1) is 31.7 Å². The molecular weight excluding hydrogens is 763 g/mol. The van der Waals surface area contributed by atoms with Crippen molar-refractivity contribution >= 4 is 34.0 Å². The minimum atomic E-state index is 0.870. The lowest BCUT2D eigenvalue weighted by Crippen LogP contribution is -1.85. The first-order valence-electron chi connectivity index (χ1n) is 17.8. The van der Waals surface area contributed by atoms with Gasteiger partial charge in [0.2, 0.25) is 0 Å². The molecule has 0 radical (unpaired) electrons. The summed E-state index contributed by atoms with van der Waals surface area (Å²) in [7, 11) is 0. The predicted octanol–water partition coefficient (Wildman–Crippen LogP) is 11.4. The number of hydrogen-bond donors (Lipinski definition) is 0. The maximum Gasteiger partial charge on any atom is 0.125 e. The highest BCUT2D eigenvalue weighted by molar-refractivity contribution is 7.19. The van der Waals surface area contributed by atoms with Crippen molar-refractivity contribution in [1.29, 1.82) is 0 Å². The smallest absolute Gasteiger partial charge is 0.125 e. The lowest BCUT2D eigenvalue weighted by atomic mass is 10.0. The van der Waals surface area contributed by atoms with Crippen molar-refractivity contribution in [3.63, 3.8) is 0 Å². The summed E-state index contributed by atoms with van der Waals surface area (Å²) in [4.78, 5) is 44.5. The van der Waals surface area contributed by atoms with E-state index in [0.717, 1.165) is 96.8 Å². The van der Waals surface area contributed by atoms with Crippen LogP contribution in [0.5, 0.6) is 0 Å². The van der Waals surface area contributed by atoms with Gasteiger partial charge < -0.3 is 0 Å². The van der Waals surface area contributed by atoms with Crippen LogP contribution in [0.25, 0.3) is 96.8 Å². The van der Waals surface area contributed by atoms with E-state index in [2.05, 4.69) is 51.4 Å².